The van der Waals surface area contributed by atoms with Gasteiger partial charge >= 0.3 is 0 Å². The van der Waals surface area contributed by atoms with Gasteiger partial charge in [-0.2, -0.15) is 0 Å². The molecule has 0 spiro atoms. The molecule has 0 aliphatic carbocycles. The fourth-order valence-corrected chi connectivity index (χ4v) is 2.74. The highest BCUT2D eigenvalue weighted by molar-refractivity contribution is 5.59. The maximum absolute atomic E-state index is 11.1. The van der Waals surface area contributed by atoms with Gasteiger partial charge in [0.1, 0.15) is 6.29 Å². The van der Waals surface area contributed by atoms with Crippen molar-refractivity contribution in [3.63, 3.8) is 0 Å². The molecule has 1 unspecified atom stereocenters. The molecule has 1 heterocycles. The van der Waals surface area contributed by atoms with Crippen molar-refractivity contribution >= 4 is 6.29 Å². The second kappa shape index (κ2) is 5.37. The summed E-state index contributed by atoms with van der Waals surface area (Å²) in [5.74, 6) is 0. The molecule has 1 atom stereocenters. The zero-order valence-corrected chi connectivity index (χ0v) is 10.8. The molecule has 0 amide bonds. The van der Waals surface area contributed by atoms with Crippen molar-refractivity contribution in [3.05, 3.63) is 71.8 Å². The summed E-state index contributed by atoms with van der Waals surface area (Å²) in [6, 6.07) is 21.1. The quantitative estimate of drug-likeness (QED) is 0.778. The van der Waals surface area contributed by atoms with Crippen LogP contribution >= 0.6 is 0 Å². The molecule has 2 nitrogen and oxygen atoms in total. The van der Waals surface area contributed by atoms with Crippen LogP contribution in [0.3, 0.4) is 0 Å². The number of likely N-dealkylation sites (tertiary alicyclic amines) is 1. The Bertz CT molecular complexity index is 498. The van der Waals surface area contributed by atoms with Crippen LogP contribution in [0.4, 0.5) is 0 Å². The topological polar surface area (TPSA) is 20.3 Å². The predicted molar refractivity (Wildman–Crippen MR) is 75.9 cm³/mol. The maximum Gasteiger partial charge on any atom is 0.137 e. The van der Waals surface area contributed by atoms with Gasteiger partial charge < -0.3 is 4.79 Å². The SMILES string of the molecule is O=CC1CCN1C(c1ccccc1)c1ccccc1. The Hall–Kier alpha value is -1.93. The number of rotatable bonds is 4. The minimum absolute atomic E-state index is 0.0606. The molecule has 0 aromatic heterocycles. The molecule has 19 heavy (non-hydrogen) atoms. The standard InChI is InChI=1S/C17H17NO/c19-13-16-11-12-18(16)17(14-7-3-1-4-8-14)15-9-5-2-6-10-15/h1-10,13,16-17H,11-12H2. The van der Waals surface area contributed by atoms with E-state index in [-0.39, 0.29) is 12.1 Å². The van der Waals surface area contributed by atoms with E-state index in [4.69, 9.17) is 0 Å². The maximum atomic E-state index is 11.1. The van der Waals surface area contributed by atoms with E-state index in [9.17, 15) is 4.79 Å². The van der Waals surface area contributed by atoms with Crippen molar-refractivity contribution in [3.8, 4) is 0 Å². The predicted octanol–water partition coefficient (Wildman–Crippen LogP) is 3.05. The third-order valence-corrected chi connectivity index (χ3v) is 3.83. The van der Waals surface area contributed by atoms with Crippen molar-refractivity contribution in [2.75, 3.05) is 6.54 Å². The van der Waals surface area contributed by atoms with E-state index >= 15 is 0 Å². The number of carbonyl (C=O) groups is 1. The molecule has 1 fully saturated rings. The molecule has 1 aliphatic heterocycles. The lowest BCUT2D eigenvalue weighted by Gasteiger charge is -2.43. The molecule has 2 aromatic carbocycles. The first-order valence-corrected chi connectivity index (χ1v) is 6.71. The highest BCUT2D eigenvalue weighted by atomic mass is 16.1. The van der Waals surface area contributed by atoms with Crippen molar-refractivity contribution < 1.29 is 4.79 Å². The minimum Gasteiger partial charge on any atom is -0.302 e. The molecule has 1 saturated heterocycles. The average Bonchev–Trinajstić information content (AvgIpc) is 2.46. The monoisotopic (exact) mass is 251 g/mol. The van der Waals surface area contributed by atoms with Crippen molar-refractivity contribution in [2.45, 2.75) is 18.5 Å². The van der Waals surface area contributed by atoms with Crippen molar-refractivity contribution in [2.24, 2.45) is 0 Å². The van der Waals surface area contributed by atoms with E-state index in [1.807, 2.05) is 12.1 Å². The van der Waals surface area contributed by atoms with E-state index in [0.717, 1.165) is 19.3 Å². The first kappa shape index (κ1) is 12.1. The lowest BCUT2D eigenvalue weighted by molar-refractivity contribution is -0.117. The third-order valence-electron chi connectivity index (χ3n) is 3.83. The largest absolute Gasteiger partial charge is 0.302 e. The van der Waals surface area contributed by atoms with E-state index in [2.05, 4.69) is 53.4 Å². The number of hydrogen-bond acceptors (Lipinski definition) is 2. The van der Waals surface area contributed by atoms with Crippen LogP contribution in [0.1, 0.15) is 23.6 Å². The Morgan fingerprint density at radius 1 is 0.947 bits per heavy atom. The fourth-order valence-electron chi connectivity index (χ4n) is 2.74. The Balaban J connectivity index is 1.99. The number of benzene rings is 2. The van der Waals surface area contributed by atoms with Gasteiger partial charge in [-0.05, 0) is 17.5 Å². The molecular formula is C17H17NO. The van der Waals surface area contributed by atoms with Gasteiger partial charge in [0.15, 0.2) is 0 Å². The molecule has 0 radical (unpaired) electrons. The summed E-state index contributed by atoms with van der Waals surface area (Å²) in [6.45, 7) is 0.984. The number of carbonyl (C=O) groups excluding carboxylic acids is 1. The highest BCUT2D eigenvalue weighted by Gasteiger charge is 2.35. The summed E-state index contributed by atoms with van der Waals surface area (Å²) in [5.41, 5.74) is 2.50. The summed E-state index contributed by atoms with van der Waals surface area (Å²) in [5, 5.41) is 0. The van der Waals surface area contributed by atoms with Crippen LogP contribution < -0.4 is 0 Å². The molecule has 3 rings (SSSR count). The molecule has 96 valence electrons. The van der Waals surface area contributed by atoms with Crippen molar-refractivity contribution in [1.29, 1.82) is 0 Å². The van der Waals surface area contributed by atoms with Gasteiger partial charge in [-0.1, -0.05) is 60.7 Å². The summed E-state index contributed by atoms with van der Waals surface area (Å²) in [7, 11) is 0. The van der Waals surface area contributed by atoms with Gasteiger partial charge in [-0.25, -0.2) is 0 Å². The van der Waals surface area contributed by atoms with Crippen molar-refractivity contribution in [1.82, 2.24) is 4.90 Å². The van der Waals surface area contributed by atoms with Crippen LogP contribution in [0.2, 0.25) is 0 Å². The molecular weight excluding hydrogens is 234 g/mol. The molecule has 0 bridgehead atoms. The van der Waals surface area contributed by atoms with E-state index in [0.29, 0.717) is 0 Å². The smallest absolute Gasteiger partial charge is 0.137 e. The number of aldehydes is 1. The van der Waals surface area contributed by atoms with Crippen LogP contribution in [-0.4, -0.2) is 23.8 Å². The normalized spacial score (nSPS) is 19.1. The van der Waals surface area contributed by atoms with E-state index in [1.54, 1.807) is 0 Å². The minimum atomic E-state index is 0.0606. The molecule has 0 saturated carbocycles. The number of nitrogens with zero attached hydrogens (tertiary/aromatic N) is 1. The van der Waals surface area contributed by atoms with Crippen LogP contribution in [0.15, 0.2) is 60.7 Å². The second-order valence-corrected chi connectivity index (χ2v) is 4.95. The summed E-state index contributed by atoms with van der Waals surface area (Å²) >= 11 is 0. The van der Waals surface area contributed by atoms with Crippen LogP contribution in [-0.2, 0) is 4.79 Å². The van der Waals surface area contributed by atoms with E-state index in [1.165, 1.54) is 11.1 Å². The summed E-state index contributed by atoms with van der Waals surface area (Å²) in [4.78, 5) is 13.4. The summed E-state index contributed by atoms with van der Waals surface area (Å²) < 4.78 is 0. The van der Waals surface area contributed by atoms with Gasteiger partial charge in [-0.3, -0.25) is 4.90 Å². The Labute approximate surface area is 113 Å². The molecule has 2 aromatic rings. The van der Waals surface area contributed by atoms with Crippen LogP contribution in [0, 0.1) is 0 Å². The van der Waals surface area contributed by atoms with Gasteiger partial charge in [0, 0.05) is 6.54 Å². The van der Waals surface area contributed by atoms with Gasteiger partial charge in [0.05, 0.1) is 12.1 Å². The molecule has 1 aliphatic rings. The highest BCUT2D eigenvalue weighted by Crippen LogP contribution is 2.34. The zero-order chi connectivity index (χ0) is 13.1. The fraction of sp³-hybridized carbons (Fsp3) is 0.235. The molecule has 0 N–H and O–H groups in total. The third kappa shape index (κ3) is 2.32. The lowest BCUT2D eigenvalue weighted by atomic mass is 9.91. The van der Waals surface area contributed by atoms with Gasteiger partial charge in [0.2, 0.25) is 0 Å². The van der Waals surface area contributed by atoms with Crippen LogP contribution in [0.5, 0.6) is 0 Å². The first-order chi connectivity index (χ1) is 9.40. The molecule has 2 heteroatoms. The first-order valence-electron chi connectivity index (χ1n) is 6.71. The van der Waals surface area contributed by atoms with Gasteiger partial charge in [-0.15, -0.1) is 0 Å². The lowest BCUT2D eigenvalue weighted by Crippen LogP contribution is -2.50. The average molecular weight is 251 g/mol. The van der Waals surface area contributed by atoms with Crippen LogP contribution in [0.25, 0.3) is 0 Å². The Morgan fingerprint density at radius 2 is 1.47 bits per heavy atom. The van der Waals surface area contributed by atoms with E-state index < -0.39 is 0 Å². The zero-order valence-electron chi connectivity index (χ0n) is 10.8. The number of hydrogen-bond donors (Lipinski definition) is 0. The van der Waals surface area contributed by atoms with Gasteiger partial charge in [0.25, 0.3) is 0 Å². The summed E-state index contributed by atoms with van der Waals surface area (Å²) in [6.07, 6.45) is 2.04. The second-order valence-electron chi connectivity index (χ2n) is 4.95. The Morgan fingerprint density at radius 3 is 1.84 bits per heavy atom. The Kier molecular flexibility index (Phi) is 3.43.